The van der Waals surface area contributed by atoms with Crippen LogP contribution in [0, 0.1) is 0 Å². The topological polar surface area (TPSA) is 74.8 Å². The monoisotopic (exact) mass is 258 g/mol. The van der Waals surface area contributed by atoms with Crippen molar-refractivity contribution >= 4 is 11.8 Å². The van der Waals surface area contributed by atoms with Crippen molar-refractivity contribution in [2.45, 2.75) is 46.0 Å². The molecule has 18 heavy (non-hydrogen) atoms. The number of carbonyl (C=O) groups excluding carboxylic acids is 2. The molecule has 0 rings (SSSR count). The molecule has 5 nitrogen and oxygen atoms in total. The van der Waals surface area contributed by atoms with E-state index in [0.29, 0.717) is 12.8 Å². The molecule has 0 aromatic carbocycles. The molecule has 106 valence electrons. The third kappa shape index (κ3) is 11.4. The molecule has 0 atom stereocenters. The van der Waals surface area contributed by atoms with Gasteiger partial charge in [-0.3, -0.25) is 9.59 Å². The minimum atomic E-state index is 0.127. The Hall–Kier alpha value is -1.10. The van der Waals surface area contributed by atoms with Crippen molar-refractivity contribution in [3.05, 3.63) is 0 Å². The third-order valence-corrected chi connectivity index (χ3v) is 2.71. The van der Waals surface area contributed by atoms with Crippen LogP contribution in [-0.2, 0) is 9.59 Å². The van der Waals surface area contributed by atoms with E-state index in [1.807, 2.05) is 13.8 Å². The highest BCUT2D eigenvalue weighted by atomic mass is 16.2. The van der Waals surface area contributed by atoms with E-state index in [1.54, 1.807) is 0 Å². The predicted molar refractivity (Wildman–Crippen MR) is 72.1 cm³/mol. The summed E-state index contributed by atoms with van der Waals surface area (Å²) in [5.41, 5.74) is 0. The average molecular weight is 258 g/mol. The number of hydrogen-bond acceptors (Lipinski definition) is 2. The quantitative estimate of drug-likeness (QED) is 0.448. The number of unbranched alkanes of at least 4 members (excludes halogenated alkanes) is 1. The molecule has 2 amide bonds. The fraction of sp³-hybridized carbons (Fsp3) is 0.846. The van der Waals surface area contributed by atoms with Crippen LogP contribution in [0.3, 0.4) is 0 Å². The second-order valence-corrected chi connectivity index (χ2v) is 4.33. The maximum atomic E-state index is 10.9. The highest BCUT2D eigenvalue weighted by Gasteiger charge is 1.97. The lowest BCUT2D eigenvalue weighted by Gasteiger charge is -2.04. The van der Waals surface area contributed by atoms with E-state index in [0.717, 1.165) is 45.4 Å². The van der Waals surface area contributed by atoms with Gasteiger partial charge < -0.3 is 16.0 Å². The Morgan fingerprint density at radius 3 is 1.89 bits per heavy atom. The van der Waals surface area contributed by atoms with Crippen molar-refractivity contribution in [3.63, 3.8) is 0 Å². The molecule has 0 bridgehead atoms. The molecule has 0 aliphatic carbocycles. The second-order valence-electron chi connectivity index (χ2n) is 4.33. The lowest BCUT2D eigenvalue weighted by atomic mass is 10.3. The molecule has 0 aliphatic heterocycles. The highest BCUT2D eigenvalue weighted by Crippen LogP contribution is 1.83. The smallest absolute Gasteiger partial charge is 0.219 e. The van der Waals surface area contributed by atoms with Gasteiger partial charge in [0.1, 0.15) is 0 Å². The molecule has 0 saturated heterocycles. The minimum absolute atomic E-state index is 0.127. The van der Waals surface area contributed by atoms with Crippen LogP contribution in [0.1, 0.15) is 46.0 Å². The molecule has 0 unspecified atom stereocenters. The van der Waals surface area contributed by atoms with Gasteiger partial charge in [0.25, 0.3) is 0 Å². The first-order valence-corrected chi connectivity index (χ1v) is 7.05. The van der Waals surface area contributed by atoms with Crippen LogP contribution in [0.25, 0.3) is 0 Å². The molecule has 0 aliphatic rings. The van der Waals surface area contributed by atoms with Crippen LogP contribution in [0.15, 0.2) is 0 Å². The van der Waals surface area contributed by atoms with Crippen LogP contribution in [0.2, 0.25) is 0 Å². The van der Waals surface area contributed by atoms with E-state index >= 15 is 0 Å². The van der Waals surface area contributed by atoms with Crippen LogP contribution >= 0.6 is 0 Å². The molecule has 0 spiro atoms. The molecule has 0 heterocycles. The van der Waals surface area contributed by atoms with E-state index < -0.39 is 0 Å². The minimum Gasteiger partial charge on any atom is -0.356 e. The lowest BCUT2D eigenvalue weighted by Crippen LogP contribution is -2.84. The molecular weight excluding hydrogens is 230 g/mol. The number of hydrogen-bond donors (Lipinski definition) is 3. The SMILES string of the molecule is CCC(=O)NCCCC[NH2+]CCCNC(=O)CC. The van der Waals surface area contributed by atoms with Crippen molar-refractivity contribution in [3.8, 4) is 0 Å². The normalized spacial score (nSPS) is 10.1. The van der Waals surface area contributed by atoms with E-state index in [-0.39, 0.29) is 11.8 Å². The van der Waals surface area contributed by atoms with Gasteiger partial charge in [-0.15, -0.1) is 0 Å². The largest absolute Gasteiger partial charge is 0.356 e. The number of carbonyl (C=O) groups is 2. The zero-order valence-electron chi connectivity index (χ0n) is 11.8. The molecule has 0 fully saturated rings. The first-order chi connectivity index (χ1) is 8.70. The van der Waals surface area contributed by atoms with Gasteiger partial charge in [0.2, 0.25) is 11.8 Å². The molecule has 0 aromatic heterocycles. The molecule has 5 heteroatoms. The van der Waals surface area contributed by atoms with Crippen molar-refractivity contribution < 1.29 is 14.9 Å². The van der Waals surface area contributed by atoms with Crippen molar-refractivity contribution in [1.82, 2.24) is 10.6 Å². The van der Waals surface area contributed by atoms with E-state index in [1.165, 1.54) is 0 Å². The molecule has 0 aromatic rings. The summed E-state index contributed by atoms with van der Waals surface area (Å²) in [6, 6.07) is 0. The molecule has 4 N–H and O–H groups in total. The van der Waals surface area contributed by atoms with Gasteiger partial charge in [-0.25, -0.2) is 0 Å². The van der Waals surface area contributed by atoms with Crippen molar-refractivity contribution in [1.29, 1.82) is 0 Å². The first kappa shape index (κ1) is 16.9. The fourth-order valence-electron chi connectivity index (χ4n) is 1.51. The van der Waals surface area contributed by atoms with Crippen molar-refractivity contribution in [2.75, 3.05) is 26.2 Å². The maximum absolute atomic E-state index is 10.9. The van der Waals surface area contributed by atoms with Crippen LogP contribution in [-0.4, -0.2) is 38.0 Å². The Labute approximate surface area is 110 Å². The Bertz CT molecular complexity index is 208. The summed E-state index contributed by atoms with van der Waals surface area (Å²) in [4.78, 5) is 21.9. The van der Waals surface area contributed by atoms with Gasteiger partial charge in [0, 0.05) is 32.4 Å². The van der Waals surface area contributed by atoms with Crippen LogP contribution in [0.4, 0.5) is 0 Å². The van der Waals surface area contributed by atoms with Gasteiger partial charge in [-0.2, -0.15) is 0 Å². The third-order valence-electron chi connectivity index (χ3n) is 2.71. The van der Waals surface area contributed by atoms with Gasteiger partial charge in [-0.1, -0.05) is 13.8 Å². The molecule has 0 saturated carbocycles. The number of nitrogens with one attached hydrogen (secondary N) is 2. The Balaban J connectivity index is 3.07. The average Bonchev–Trinajstić information content (AvgIpc) is 2.40. The summed E-state index contributed by atoms with van der Waals surface area (Å²) in [5, 5.41) is 7.98. The summed E-state index contributed by atoms with van der Waals surface area (Å²) in [6.45, 7) is 7.41. The zero-order valence-corrected chi connectivity index (χ0v) is 11.8. The number of amides is 2. The van der Waals surface area contributed by atoms with Crippen molar-refractivity contribution in [2.24, 2.45) is 0 Å². The maximum Gasteiger partial charge on any atom is 0.219 e. The van der Waals surface area contributed by atoms with Crippen LogP contribution in [0.5, 0.6) is 0 Å². The molecule has 0 radical (unpaired) electrons. The number of quaternary nitrogens is 1. The second kappa shape index (κ2) is 12.4. The summed E-state index contributed by atoms with van der Waals surface area (Å²) in [6.07, 6.45) is 4.29. The first-order valence-electron chi connectivity index (χ1n) is 7.05. The standard InChI is InChI=1S/C13H27N3O2/c1-3-12(17)15-10-6-5-8-14-9-7-11-16-13(18)4-2/h14H,3-11H2,1-2H3,(H,15,17)(H,16,18)/p+1. The van der Waals surface area contributed by atoms with E-state index in [2.05, 4.69) is 16.0 Å². The zero-order chi connectivity index (χ0) is 13.6. The van der Waals surface area contributed by atoms with Crippen LogP contribution < -0.4 is 16.0 Å². The van der Waals surface area contributed by atoms with E-state index in [9.17, 15) is 9.59 Å². The van der Waals surface area contributed by atoms with Gasteiger partial charge >= 0.3 is 0 Å². The highest BCUT2D eigenvalue weighted by molar-refractivity contribution is 5.75. The summed E-state index contributed by atoms with van der Waals surface area (Å²) in [5.74, 6) is 0.257. The Kier molecular flexibility index (Phi) is 11.6. The van der Waals surface area contributed by atoms with Gasteiger partial charge in [0.15, 0.2) is 0 Å². The van der Waals surface area contributed by atoms with Gasteiger partial charge in [0.05, 0.1) is 13.1 Å². The summed E-state index contributed by atoms with van der Waals surface area (Å²) < 4.78 is 0. The predicted octanol–water partition coefficient (Wildman–Crippen LogP) is -0.227. The fourth-order valence-corrected chi connectivity index (χ4v) is 1.51. The van der Waals surface area contributed by atoms with E-state index in [4.69, 9.17) is 0 Å². The van der Waals surface area contributed by atoms with Gasteiger partial charge in [-0.05, 0) is 12.8 Å². The number of rotatable bonds is 11. The summed E-state index contributed by atoms with van der Waals surface area (Å²) in [7, 11) is 0. The Morgan fingerprint density at radius 1 is 0.833 bits per heavy atom. The lowest BCUT2D eigenvalue weighted by molar-refractivity contribution is -0.655. The molecular formula is C13H28N3O2+. The Morgan fingerprint density at radius 2 is 1.33 bits per heavy atom. The number of nitrogens with two attached hydrogens (primary N) is 1. The summed E-state index contributed by atoms with van der Waals surface area (Å²) >= 11 is 0.